The molecule has 4 heteroatoms. The molecule has 0 amide bonds. The molecule has 2 aromatic carbocycles. The van der Waals surface area contributed by atoms with E-state index in [2.05, 4.69) is 4.90 Å². The van der Waals surface area contributed by atoms with E-state index in [1.807, 2.05) is 44.3 Å². The number of anilines is 1. The molecule has 21 heavy (non-hydrogen) atoms. The summed E-state index contributed by atoms with van der Waals surface area (Å²) >= 11 is 0. The normalized spacial score (nSPS) is 12.4. The predicted molar refractivity (Wildman–Crippen MR) is 83.7 cm³/mol. The Morgan fingerprint density at radius 1 is 1.24 bits per heavy atom. The van der Waals surface area contributed by atoms with Crippen LogP contribution in [0.4, 0.5) is 10.1 Å². The van der Waals surface area contributed by atoms with Gasteiger partial charge in [0.05, 0.1) is 12.8 Å². The van der Waals surface area contributed by atoms with Crippen LogP contribution >= 0.6 is 0 Å². The van der Waals surface area contributed by atoms with Gasteiger partial charge in [0.2, 0.25) is 0 Å². The highest BCUT2D eigenvalue weighted by atomic mass is 19.1. The first-order valence-electron chi connectivity index (χ1n) is 6.90. The minimum absolute atomic E-state index is 0.0190. The summed E-state index contributed by atoms with van der Waals surface area (Å²) in [6.45, 7) is 2.68. The average molecular weight is 288 g/mol. The fourth-order valence-electron chi connectivity index (χ4n) is 2.36. The zero-order chi connectivity index (χ0) is 15.4. The van der Waals surface area contributed by atoms with E-state index in [0.29, 0.717) is 23.5 Å². The van der Waals surface area contributed by atoms with Crippen molar-refractivity contribution in [3.8, 4) is 5.75 Å². The van der Waals surface area contributed by atoms with Crippen molar-refractivity contribution < 1.29 is 9.13 Å². The van der Waals surface area contributed by atoms with Crippen LogP contribution in [0.5, 0.6) is 5.75 Å². The topological polar surface area (TPSA) is 38.5 Å². The van der Waals surface area contributed by atoms with Crippen LogP contribution in [0.3, 0.4) is 0 Å². The molecule has 2 rings (SSSR count). The first-order chi connectivity index (χ1) is 10.0. The SMILES string of the molecule is COc1ccc(CN(C)C(C)c2ccccc2F)cc1N. The fourth-order valence-corrected chi connectivity index (χ4v) is 2.36. The van der Waals surface area contributed by atoms with Gasteiger partial charge in [0.25, 0.3) is 0 Å². The van der Waals surface area contributed by atoms with Gasteiger partial charge in [-0.15, -0.1) is 0 Å². The lowest BCUT2D eigenvalue weighted by Gasteiger charge is -2.25. The van der Waals surface area contributed by atoms with Crippen LogP contribution in [0.2, 0.25) is 0 Å². The van der Waals surface area contributed by atoms with Gasteiger partial charge in [-0.2, -0.15) is 0 Å². The molecule has 0 aromatic heterocycles. The second-order valence-electron chi connectivity index (χ2n) is 5.19. The molecule has 0 aliphatic heterocycles. The highest BCUT2D eigenvalue weighted by Crippen LogP contribution is 2.26. The van der Waals surface area contributed by atoms with E-state index in [1.54, 1.807) is 13.2 Å². The third-order valence-corrected chi connectivity index (χ3v) is 3.74. The van der Waals surface area contributed by atoms with Crippen LogP contribution in [-0.2, 0) is 6.54 Å². The molecule has 0 saturated carbocycles. The first kappa shape index (κ1) is 15.3. The Hall–Kier alpha value is -2.07. The van der Waals surface area contributed by atoms with E-state index < -0.39 is 0 Å². The van der Waals surface area contributed by atoms with E-state index in [-0.39, 0.29) is 11.9 Å². The fraction of sp³-hybridized carbons (Fsp3) is 0.294. The van der Waals surface area contributed by atoms with E-state index in [9.17, 15) is 4.39 Å². The molecule has 3 nitrogen and oxygen atoms in total. The Labute approximate surface area is 125 Å². The van der Waals surface area contributed by atoms with Crippen molar-refractivity contribution >= 4 is 5.69 Å². The lowest BCUT2D eigenvalue weighted by Crippen LogP contribution is -2.22. The van der Waals surface area contributed by atoms with Crippen molar-refractivity contribution in [1.82, 2.24) is 4.90 Å². The molecule has 112 valence electrons. The smallest absolute Gasteiger partial charge is 0.141 e. The molecule has 0 fully saturated rings. The number of benzene rings is 2. The van der Waals surface area contributed by atoms with E-state index >= 15 is 0 Å². The number of hydrogen-bond acceptors (Lipinski definition) is 3. The van der Waals surface area contributed by atoms with E-state index in [1.165, 1.54) is 6.07 Å². The Balaban J connectivity index is 2.12. The Bertz CT molecular complexity index is 615. The maximum atomic E-state index is 13.8. The predicted octanol–water partition coefficient (Wildman–Crippen LogP) is 3.61. The second-order valence-corrected chi connectivity index (χ2v) is 5.19. The van der Waals surface area contributed by atoms with Gasteiger partial charge in [-0.05, 0) is 37.7 Å². The van der Waals surface area contributed by atoms with Crippen molar-refractivity contribution in [3.05, 3.63) is 59.4 Å². The standard InChI is InChI=1S/C17H21FN2O/c1-12(14-6-4-5-7-15(14)18)20(2)11-13-8-9-17(21-3)16(19)10-13/h4-10,12H,11,19H2,1-3H3. The maximum Gasteiger partial charge on any atom is 0.141 e. The number of ether oxygens (including phenoxy) is 1. The van der Waals surface area contributed by atoms with E-state index in [0.717, 1.165) is 5.56 Å². The van der Waals surface area contributed by atoms with Crippen molar-refractivity contribution in [1.29, 1.82) is 0 Å². The molecule has 0 radical (unpaired) electrons. The maximum absolute atomic E-state index is 13.8. The van der Waals surface area contributed by atoms with Crippen LogP contribution in [0, 0.1) is 5.82 Å². The van der Waals surface area contributed by atoms with Gasteiger partial charge in [0.1, 0.15) is 11.6 Å². The molecule has 1 atom stereocenters. The molecular formula is C17H21FN2O. The minimum Gasteiger partial charge on any atom is -0.495 e. The van der Waals surface area contributed by atoms with Crippen LogP contribution < -0.4 is 10.5 Å². The molecule has 0 aliphatic rings. The van der Waals surface area contributed by atoms with Crippen molar-refractivity contribution in [2.24, 2.45) is 0 Å². The Morgan fingerprint density at radius 2 is 1.95 bits per heavy atom. The van der Waals surface area contributed by atoms with Gasteiger partial charge in [-0.1, -0.05) is 24.3 Å². The van der Waals surface area contributed by atoms with E-state index in [4.69, 9.17) is 10.5 Å². The first-order valence-corrected chi connectivity index (χ1v) is 6.90. The van der Waals surface area contributed by atoms with Crippen molar-refractivity contribution in [2.75, 3.05) is 19.9 Å². The third-order valence-electron chi connectivity index (χ3n) is 3.74. The number of rotatable bonds is 5. The quantitative estimate of drug-likeness (QED) is 0.854. The summed E-state index contributed by atoms with van der Waals surface area (Å²) in [7, 11) is 3.56. The lowest BCUT2D eigenvalue weighted by atomic mass is 10.1. The van der Waals surface area contributed by atoms with Gasteiger partial charge < -0.3 is 10.5 Å². The summed E-state index contributed by atoms with van der Waals surface area (Å²) in [6, 6.07) is 12.6. The average Bonchev–Trinajstić information content (AvgIpc) is 2.47. The molecule has 0 spiro atoms. The number of hydrogen-bond donors (Lipinski definition) is 1. The number of halogens is 1. The second kappa shape index (κ2) is 6.59. The molecule has 1 unspecified atom stereocenters. The molecule has 2 N–H and O–H groups in total. The van der Waals surface area contributed by atoms with Crippen LogP contribution in [0.25, 0.3) is 0 Å². The number of nitrogens with two attached hydrogens (primary N) is 1. The van der Waals surface area contributed by atoms with Gasteiger partial charge in [-0.25, -0.2) is 4.39 Å². The third kappa shape index (κ3) is 3.52. The molecule has 0 bridgehead atoms. The van der Waals surface area contributed by atoms with Crippen molar-refractivity contribution in [3.63, 3.8) is 0 Å². The molecule has 0 aliphatic carbocycles. The summed E-state index contributed by atoms with van der Waals surface area (Å²) in [5, 5.41) is 0. The summed E-state index contributed by atoms with van der Waals surface area (Å²) in [4.78, 5) is 2.08. The zero-order valence-corrected chi connectivity index (χ0v) is 12.6. The molecule has 2 aromatic rings. The Morgan fingerprint density at radius 3 is 2.57 bits per heavy atom. The summed E-state index contributed by atoms with van der Waals surface area (Å²) in [6.07, 6.45) is 0. The van der Waals surface area contributed by atoms with Gasteiger partial charge in [-0.3, -0.25) is 4.90 Å². The molecule has 0 heterocycles. The molecule has 0 saturated heterocycles. The van der Waals surface area contributed by atoms with Crippen LogP contribution in [0.1, 0.15) is 24.1 Å². The number of nitrogen functional groups attached to an aromatic ring is 1. The van der Waals surface area contributed by atoms with Gasteiger partial charge >= 0.3 is 0 Å². The number of methoxy groups -OCH3 is 1. The molecular weight excluding hydrogens is 267 g/mol. The van der Waals surface area contributed by atoms with Crippen LogP contribution in [-0.4, -0.2) is 19.1 Å². The van der Waals surface area contributed by atoms with Crippen molar-refractivity contribution in [2.45, 2.75) is 19.5 Å². The Kier molecular flexibility index (Phi) is 4.81. The largest absolute Gasteiger partial charge is 0.495 e. The summed E-state index contributed by atoms with van der Waals surface area (Å²) < 4.78 is 19.0. The number of nitrogens with zero attached hydrogens (tertiary/aromatic N) is 1. The zero-order valence-electron chi connectivity index (χ0n) is 12.6. The van der Waals surface area contributed by atoms with Gasteiger partial charge in [0.15, 0.2) is 0 Å². The minimum atomic E-state index is -0.175. The van der Waals surface area contributed by atoms with Crippen LogP contribution in [0.15, 0.2) is 42.5 Å². The highest BCUT2D eigenvalue weighted by Gasteiger charge is 2.15. The lowest BCUT2D eigenvalue weighted by molar-refractivity contribution is 0.248. The summed E-state index contributed by atoms with van der Waals surface area (Å²) in [5.41, 5.74) is 8.29. The highest BCUT2D eigenvalue weighted by molar-refractivity contribution is 5.54. The monoisotopic (exact) mass is 288 g/mol. The summed E-state index contributed by atoms with van der Waals surface area (Å²) in [5.74, 6) is 0.495. The van der Waals surface area contributed by atoms with Gasteiger partial charge in [0, 0.05) is 18.2 Å².